The summed E-state index contributed by atoms with van der Waals surface area (Å²) < 4.78 is 7.90. The standard InChI is InChI=1S/C13H17N5O2/c19-13-11-12(15-6-16-13)18(7-17-11)10-4-3-9(20-10)5-14-8-1-2-8/h6-10,14H,1-5H2,(H,15,16,19). The number of imidazole rings is 1. The summed E-state index contributed by atoms with van der Waals surface area (Å²) in [6.45, 7) is 0.905. The Morgan fingerprint density at radius 2 is 2.25 bits per heavy atom. The SMILES string of the molecule is O=c1[nH]cnc2c1ncn2C1CCC(CNC2CC2)O1. The Labute approximate surface area is 115 Å². The molecule has 2 N–H and O–H groups in total. The number of rotatable bonds is 4. The molecule has 7 heteroatoms. The monoisotopic (exact) mass is 275 g/mol. The molecule has 1 saturated heterocycles. The summed E-state index contributed by atoms with van der Waals surface area (Å²) >= 11 is 0. The molecule has 1 aliphatic heterocycles. The lowest BCUT2D eigenvalue weighted by Crippen LogP contribution is -2.28. The summed E-state index contributed by atoms with van der Waals surface area (Å²) in [6.07, 6.45) is 7.74. The molecule has 3 heterocycles. The van der Waals surface area contributed by atoms with Gasteiger partial charge in [0.25, 0.3) is 5.56 Å². The maximum atomic E-state index is 11.6. The molecule has 7 nitrogen and oxygen atoms in total. The van der Waals surface area contributed by atoms with Crippen molar-refractivity contribution >= 4 is 11.2 Å². The molecule has 0 amide bonds. The molecule has 0 aromatic carbocycles. The number of nitrogens with one attached hydrogen (secondary N) is 2. The molecule has 2 aromatic rings. The van der Waals surface area contributed by atoms with Gasteiger partial charge in [-0.3, -0.25) is 9.36 Å². The van der Waals surface area contributed by atoms with E-state index >= 15 is 0 Å². The minimum atomic E-state index is -0.210. The van der Waals surface area contributed by atoms with Crippen molar-refractivity contribution in [3.05, 3.63) is 23.0 Å². The number of nitrogens with zero attached hydrogens (tertiary/aromatic N) is 3. The molecule has 20 heavy (non-hydrogen) atoms. The lowest BCUT2D eigenvalue weighted by Gasteiger charge is -2.15. The molecule has 2 fully saturated rings. The highest BCUT2D eigenvalue weighted by molar-refractivity contribution is 5.68. The third-order valence-electron chi connectivity index (χ3n) is 3.97. The van der Waals surface area contributed by atoms with E-state index in [1.165, 1.54) is 19.2 Å². The van der Waals surface area contributed by atoms with Gasteiger partial charge < -0.3 is 15.0 Å². The van der Waals surface area contributed by atoms with E-state index in [-0.39, 0.29) is 17.9 Å². The van der Waals surface area contributed by atoms with Crippen LogP contribution in [0.2, 0.25) is 0 Å². The largest absolute Gasteiger partial charge is 0.353 e. The Kier molecular flexibility index (Phi) is 2.82. The van der Waals surface area contributed by atoms with Crippen LogP contribution in [0, 0.1) is 0 Å². The van der Waals surface area contributed by atoms with Crippen molar-refractivity contribution < 1.29 is 4.74 Å². The third kappa shape index (κ3) is 2.12. The van der Waals surface area contributed by atoms with E-state index in [4.69, 9.17) is 4.74 Å². The Morgan fingerprint density at radius 3 is 3.10 bits per heavy atom. The number of hydrogen-bond acceptors (Lipinski definition) is 5. The molecule has 2 aliphatic rings. The average molecular weight is 275 g/mol. The van der Waals surface area contributed by atoms with Gasteiger partial charge in [-0.15, -0.1) is 0 Å². The van der Waals surface area contributed by atoms with Crippen LogP contribution in [-0.2, 0) is 4.74 Å². The fraction of sp³-hybridized carbons (Fsp3) is 0.615. The van der Waals surface area contributed by atoms with E-state index in [1.807, 2.05) is 4.57 Å². The summed E-state index contributed by atoms with van der Waals surface area (Å²) in [6, 6.07) is 0.701. The van der Waals surface area contributed by atoms with E-state index < -0.39 is 0 Å². The number of aromatic amines is 1. The van der Waals surface area contributed by atoms with Crippen molar-refractivity contribution in [3.8, 4) is 0 Å². The highest BCUT2D eigenvalue weighted by atomic mass is 16.5. The minimum absolute atomic E-state index is 0.0692. The van der Waals surface area contributed by atoms with Crippen LogP contribution in [0.25, 0.3) is 11.2 Å². The van der Waals surface area contributed by atoms with Gasteiger partial charge in [-0.05, 0) is 25.7 Å². The zero-order valence-corrected chi connectivity index (χ0v) is 11.1. The zero-order chi connectivity index (χ0) is 13.5. The second-order valence-corrected chi connectivity index (χ2v) is 5.53. The molecular weight excluding hydrogens is 258 g/mol. The van der Waals surface area contributed by atoms with Crippen LogP contribution < -0.4 is 10.9 Å². The van der Waals surface area contributed by atoms with Gasteiger partial charge in [-0.1, -0.05) is 0 Å². The van der Waals surface area contributed by atoms with E-state index in [0.717, 1.165) is 19.4 Å². The van der Waals surface area contributed by atoms with Gasteiger partial charge in [0.05, 0.1) is 18.8 Å². The smallest absolute Gasteiger partial charge is 0.278 e. The second kappa shape index (κ2) is 4.68. The van der Waals surface area contributed by atoms with Crippen LogP contribution >= 0.6 is 0 Å². The van der Waals surface area contributed by atoms with E-state index in [0.29, 0.717) is 17.2 Å². The predicted molar refractivity (Wildman–Crippen MR) is 72.3 cm³/mol. The maximum Gasteiger partial charge on any atom is 0.278 e. The minimum Gasteiger partial charge on any atom is -0.353 e. The first-order chi connectivity index (χ1) is 9.81. The van der Waals surface area contributed by atoms with E-state index in [9.17, 15) is 4.79 Å². The molecule has 2 unspecified atom stereocenters. The van der Waals surface area contributed by atoms with Gasteiger partial charge in [0, 0.05) is 12.6 Å². The van der Waals surface area contributed by atoms with E-state index in [1.54, 1.807) is 6.33 Å². The lowest BCUT2D eigenvalue weighted by atomic mass is 10.2. The quantitative estimate of drug-likeness (QED) is 0.851. The van der Waals surface area contributed by atoms with Crippen LogP contribution in [0.4, 0.5) is 0 Å². The van der Waals surface area contributed by atoms with Crippen molar-refractivity contribution in [1.29, 1.82) is 0 Å². The normalized spacial score (nSPS) is 26.4. The predicted octanol–water partition coefficient (Wildman–Crippen LogP) is 0.549. The molecule has 0 radical (unpaired) electrons. The van der Waals surface area contributed by atoms with Gasteiger partial charge >= 0.3 is 0 Å². The molecule has 1 aliphatic carbocycles. The van der Waals surface area contributed by atoms with Crippen molar-refractivity contribution in [2.75, 3.05) is 6.54 Å². The molecule has 0 spiro atoms. The molecule has 2 aromatic heterocycles. The fourth-order valence-electron chi connectivity index (χ4n) is 2.70. The first-order valence-corrected chi connectivity index (χ1v) is 7.10. The van der Waals surface area contributed by atoms with Crippen LogP contribution in [0.3, 0.4) is 0 Å². The third-order valence-corrected chi connectivity index (χ3v) is 3.97. The molecule has 1 saturated carbocycles. The molecular formula is C13H17N5O2. The topological polar surface area (TPSA) is 84.8 Å². The second-order valence-electron chi connectivity index (χ2n) is 5.53. The average Bonchev–Trinajstić information content (AvgIpc) is 2.99. The number of fused-ring (bicyclic) bond motifs is 1. The van der Waals surface area contributed by atoms with Crippen molar-refractivity contribution in [2.45, 2.75) is 44.1 Å². The van der Waals surface area contributed by atoms with Gasteiger partial charge in [0.15, 0.2) is 11.2 Å². The van der Waals surface area contributed by atoms with Crippen LogP contribution in [-0.4, -0.2) is 38.2 Å². The first kappa shape index (κ1) is 12.0. The summed E-state index contributed by atoms with van der Waals surface area (Å²) in [5.74, 6) is 0. The van der Waals surface area contributed by atoms with Crippen molar-refractivity contribution in [2.24, 2.45) is 0 Å². The van der Waals surface area contributed by atoms with Gasteiger partial charge in [0.1, 0.15) is 6.23 Å². The Hall–Kier alpha value is -1.73. The zero-order valence-electron chi connectivity index (χ0n) is 11.1. The molecule has 106 valence electrons. The molecule has 0 bridgehead atoms. The number of hydrogen-bond donors (Lipinski definition) is 2. The van der Waals surface area contributed by atoms with Crippen LogP contribution in [0.5, 0.6) is 0 Å². The summed E-state index contributed by atoms with van der Waals surface area (Å²) in [7, 11) is 0. The van der Waals surface area contributed by atoms with Crippen molar-refractivity contribution in [3.63, 3.8) is 0 Å². The Balaban J connectivity index is 1.51. The number of H-pyrrole nitrogens is 1. The van der Waals surface area contributed by atoms with Crippen molar-refractivity contribution in [1.82, 2.24) is 24.8 Å². The number of ether oxygens (including phenoxy) is 1. The van der Waals surface area contributed by atoms with Crippen LogP contribution in [0.15, 0.2) is 17.4 Å². The van der Waals surface area contributed by atoms with Crippen LogP contribution in [0.1, 0.15) is 31.9 Å². The summed E-state index contributed by atoms with van der Waals surface area (Å²) in [5.41, 5.74) is 0.754. The van der Waals surface area contributed by atoms with Gasteiger partial charge in [-0.25, -0.2) is 9.97 Å². The number of aromatic nitrogens is 4. The van der Waals surface area contributed by atoms with Gasteiger partial charge in [-0.2, -0.15) is 0 Å². The first-order valence-electron chi connectivity index (χ1n) is 7.10. The highest BCUT2D eigenvalue weighted by Crippen LogP contribution is 2.30. The molecule has 2 atom stereocenters. The summed E-state index contributed by atoms with van der Waals surface area (Å²) in [5, 5.41) is 3.49. The fourth-order valence-corrected chi connectivity index (χ4v) is 2.70. The van der Waals surface area contributed by atoms with E-state index in [2.05, 4.69) is 20.3 Å². The molecule has 4 rings (SSSR count). The Bertz CT molecular complexity index is 675. The maximum absolute atomic E-state index is 11.6. The highest BCUT2D eigenvalue weighted by Gasteiger charge is 2.29. The summed E-state index contributed by atoms with van der Waals surface area (Å²) in [4.78, 5) is 22.5. The van der Waals surface area contributed by atoms with Gasteiger partial charge in [0.2, 0.25) is 0 Å². The Morgan fingerprint density at radius 1 is 1.35 bits per heavy atom. The lowest BCUT2D eigenvalue weighted by molar-refractivity contribution is 0.00480.